The van der Waals surface area contributed by atoms with Gasteiger partial charge >= 0.3 is 0 Å². The second-order valence-corrected chi connectivity index (χ2v) is 5.44. The van der Waals surface area contributed by atoms with Crippen molar-refractivity contribution >= 4 is 11.8 Å². The van der Waals surface area contributed by atoms with Gasteiger partial charge in [-0.15, -0.1) is 0 Å². The Hall–Kier alpha value is -1.84. The standard InChI is InChI=1S/C16H22N2O2/c1-4-14-15(19)17-12(3)16(20)18(14)11(2)10-13-8-6-5-7-9-13/h5-9,11-12,14H,4,10H2,1-3H3,(H,17,19). The molecule has 0 saturated carbocycles. The van der Waals surface area contributed by atoms with E-state index >= 15 is 0 Å². The molecule has 0 radical (unpaired) electrons. The summed E-state index contributed by atoms with van der Waals surface area (Å²) in [5, 5.41) is 2.75. The number of piperazine rings is 1. The maximum Gasteiger partial charge on any atom is 0.245 e. The largest absolute Gasteiger partial charge is 0.343 e. The number of carbonyl (C=O) groups excluding carboxylic acids is 2. The molecule has 20 heavy (non-hydrogen) atoms. The molecule has 1 fully saturated rings. The highest BCUT2D eigenvalue weighted by Crippen LogP contribution is 2.19. The molecule has 108 valence electrons. The highest BCUT2D eigenvalue weighted by Gasteiger charge is 2.39. The summed E-state index contributed by atoms with van der Waals surface area (Å²) in [5.74, 6) is -0.0283. The molecule has 0 bridgehead atoms. The van der Waals surface area contributed by atoms with E-state index in [0.717, 1.165) is 6.42 Å². The van der Waals surface area contributed by atoms with Crippen molar-refractivity contribution in [2.45, 2.75) is 51.7 Å². The van der Waals surface area contributed by atoms with Crippen molar-refractivity contribution in [2.75, 3.05) is 0 Å². The minimum atomic E-state index is -0.427. The summed E-state index contributed by atoms with van der Waals surface area (Å²) in [5.41, 5.74) is 1.18. The van der Waals surface area contributed by atoms with Gasteiger partial charge in [0.1, 0.15) is 12.1 Å². The SMILES string of the molecule is CCC1C(=O)NC(C)C(=O)N1C(C)Cc1ccccc1. The highest BCUT2D eigenvalue weighted by atomic mass is 16.2. The van der Waals surface area contributed by atoms with Crippen LogP contribution in [0.4, 0.5) is 0 Å². The number of rotatable bonds is 4. The molecule has 3 unspecified atom stereocenters. The zero-order valence-electron chi connectivity index (χ0n) is 12.3. The van der Waals surface area contributed by atoms with Crippen LogP contribution in [0.1, 0.15) is 32.8 Å². The quantitative estimate of drug-likeness (QED) is 0.909. The van der Waals surface area contributed by atoms with Gasteiger partial charge in [-0.2, -0.15) is 0 Å². The van der Waals surface area contributed by atoms with Crippen molar-refractivity contribution in [1.29, 1.82) is 0 Å². The third kappa shape index (κ3) is 2.84. The lowest BCUT2D eigenvalue weighted by Gasteiger charge is -2.41. The van der Waals surface area contributed by atoms with Crippen molar-refractivity contribution in [3.05, 3.63) is 35.9 Å². The van der Waals surface area contributed by atoms with Gasteiger partial charge in [0.25, 0.3) is 0 Å². The van der Waals surface area contributed by atoms with Crippen LogP contribution in [0, 0.1) is 0 Å². The van der Waals surface area contributed by atoms with Gasteiger partial charge in [0, 0.05) is 6.04 Å². The van der Waals surface area contributed by atoms with Gasteiger partial charge in [0.15, 0.2) is 0 Å². The molecule has 0 spiro atoms. The van der Waals surface area contributed by atoms with E-state index in [1.165, 1.54) is 5.56 Å². The Morgan fingerprint density at radius 2 is 1.90 bits per heavy atom. The van der Waals surface area contributed by atoms with Crippen molar-refractivity contribution in [3.8, 4) is 0 Å². The van der Waals surface area contributed by atoms with E-state index in [2.05, 4.69) is 17.4 Å². The molecule has 0 aliphatic carbocycles. The van der Waals surface area contributed by atoms with E-state index in [0.29, 0.717) is 6.42 Å². The van der Waals surface area contributed by atoms with Crippen LogP contribution in [0.3, 0.4) is 0 Å². The first-order valence-corrected chi connectivity index (χ1v) is 7.21. The van der Waals surface area contributed by atoms with Crippen molar-refractivity contribution in [2.24, 2.45) is 0 Å². The highest BCUT2D eigenvalue weighted by molar-refractivity contribution is 5.96. The Kier molecular flexibility index (Phi) is 4.42. The second kappa shape index (κ2) is 6.07. The molecule has 1 aliphatic heterocycles. The molecule has 1 aliphatic rings. The van der Waals surface area contributed by atoms with Gasteiger partial charge in [-0.05, 0) is 32.3 Å². The number of carbonyl (C=O) groups is 2. The van der Waals surface area contributed by atoms with Gasteiger partial charge < -0.3 is 10.2 Å². The fourth-order valence-corrected chi connectivity index (χ4v) is 2.83. The average molecular weight is 274 g/mol. The smallest absolute Gasteiger partial charge is 0.245 e. The summed E-state index contributed by atoms with van der Waals surface area (Å²) in [6, 6.07) is 9.30. The zero-order valence-corrected chi connectivity index (χ0v) is 12.3. The van der Waals surface area contributed by atoms with Gasteiger partial charge in [-0.3, -0.25) is 9.59 Å². The summed E-state index contributed by atoms with van der Waals surface area (Å²) < 4.78 is 0. The van der Waals surface area contributed by atoms with Gasteiger partial charge in [-0.25, -0.2) is 0 Å². The number of nitrogens with one attached hydrogen (secondary N) is 1. The maximum atomic E-state index is 12.4. The van der Waals surface area contributed by atoms with Crippen LogP contribution in [0.25, 0.3) is 0 Å². The number of hydrogen-bond acceptors (Lipinski definition) is 2. The van der Waals surface area contributed by atoms with E-state index in [1.807, 2.05) is 32.0 Å². The van der Waals surface area contributed by atoms with Crippen LogP contribution >= 0.6 is 0 Å². The molecule has 2 amide bonds. The molecule has 2 rings (SSSR count). The number of amides is 2. The molecular formula is C16H22N2O2. The van der Waals surface area contributed by atoms with Gasteiger partial charge in [-0.1, -0.05) is 37.3 Å². The first kappa shape index (κ1) is 14.6. The van der Waals surface area contributed by atoms with Crippen LogP contribution in [-0.2, 0) is 16.0 Å². The van der Waals surface area contributed by atoms with Crippen LogP contribution in [0.2, 0.25) is 0 Å². The molecule has 3 atom stereocenters. The lowest BCUT2D eigenvalue weighted by molar-refractivity contribution is -0.151. The molecule has 1 aromatic rings. The van der Waals surface area contributed by atoms with Crippen LogP contribution in [0.15, 0.2) is 30.3 Å². The van der Waals surface area contributed by atoms with E-state index in [-0.39, 0.29) is 23.9 Å². The Bertz CT molecular complexity index is 487. The molecule has 4 nitrogen and oxygen atoms in total. The van der Waals surface area contributed by atoms with Crippen LogP contribution < -0.4 is 5.32 Å². The number of benzene rings is 1. The minimum absolute atomic E-state index is 0.0138. The first-order valence-electron chi connectivity index (χ1n) is 7.21. The molecular weight excluding hydrogens is 252 g/mol. The molecule has 4 heteroatoms. The van der Waals surface area contributed by atoms with Crippen LogP contribution in [-0.4, -0.2) is 34.8 Å². The number of hydrogen-bond donors (Lipinski definition) is 1. The summed E-state index contributed by atoms with van der Waals surface area (Å²) in [4.78, 5) is 26.2. The molecule has 1 aromatic carbocycles. The maximum absolute atomic E-state index is 12.4. The van der Waals surface area contributed by atoms with Crippen molar-refractivity contribution in [1.82, 2.24) is 10.2 Å². The molecule has 1 saturated heterocycles. The Balaban J connectivity index is 2.18. The zero-order chi connectivity index (χ0) is 14.7. The summed E-state index contributed by atoms with van der Waals surface area (Å²) >= 11 is 0. The predicted molar refractivity (Wildman–Crippen MR) is 78.1 cm³/mol. The predicted octanol–water partition coefficient (Wildman–Crippen LogP) is 1.74. The third-order valence-electron chi connectivity index (χ3n) is 3.86. The monoisotopic (exact) mass is 274 g/mol. The normalized spacial score (nSPS) is 24.4. The van der Waals surface area contributed by atoms with E-state index in [1.54, 1.807) is 11.8 Å². The topological polar surface area (TPSA) is 49.4 Å². The lowest BCUT2D eigenvalue weighted by atomic mass is 9.99. The second-order valence-electron chi connectivity index (χ2n) is 5.44. The molecule has 1 N–H and O–H groups in total. The Labute approximate surface area is 120 Å². The first-order chi connectivity index (χ1) is 9.54. The molecule has 0 aromatic heterocycles. The van der Waals surface area contributed by atoms with E-state index in [9.17, 15) is 9.59 Å². The fourth-order valence-electron chi connectivity index (χ4n) is 2.83. The van der Waals surface area contributed by atoms with E-state index in [4.69, 9.17) is 0 Å². The van der Waals surface area contributed by atoms with Gasteiger partial charge in [0.2, 0.25) is 11.8 Å². The Morgan fingerprint density at radius 3 is 2.50 bits per heavy atom. The number of nitrogens with zero attached hydrogens (tertiary/aromatic N) is 1. The summed E-state index contributed by atoms with van der Waals surface area (Å²) in [6.45, 7) is 5.70. The third-order valence-corrected chi connectivity index (χ3v) is 3.86. The molecule has 1 heterocycles. The van der Waals surface area contributed by atoms with Crippen molar-refractivity contribution < 1.29 is 9.59 Å². The summed E-state index contributed by atoms with van der Waals surface area (Å²) in [6.07, 6.45) is 1.41. The van der Waals surface area contributed by atoms with Gasteiger partial charge in [0.05, 0.1) is 0 Å². The fraction of sp³-hybridized carbons (Fsp3) is 0.500. The van der Waals surface area contributed by atoms with Crippen LogP contribution in [0.5, 0.6) is 0 Å². The van der Waals surface area contributed by atoms with Crippen molar-refractivity contribution in [3.63, 3.8) is 0 Å². The average Bonchev–Trinajstić information content (AvgIpc) is 2.43. The summed E-state index contributed by atoms with van der Waals surface area (Å²) in [7, 11) is 0. The lowest BCUT2D eigenvalue weighted by Crippen LogP contribution is -2.64. The minimum Gasteiger partial charge on any atom is -0.343 e. The van der Waals surface area contributed by atoms with E-state index < -0.39 is 6.04 Å². The Morgan fingerprint density at radius 1 is 1.25 bits per heavy atom.